The Morgan fingerprint density at radius 3 is 2.60 bits per heavy atom. The summed E-state index contributed by atoms with van der Waals surface area (Å²) in [5.41, 5.74) is 1.09. The highest BCUT2D eigenvalue weighted by Gasteiger charge is 2.23. The highest BCUT2D eigenvalue weighted by atomic mass is 16.5. The summed E-state index contributed by atoms with van der Waals surface area (Å²) in [5, 5.41) is 0. The predicted molar refractivity (Wildman–Crippen MR) is 94.8 cm³/mol. The molecule has 0 N–H and O–H groups in total. The highest BCUT2D eigenvalue weighted by Crippen LogP contribution is 2.18. The van der Waals surface area contributed by atoms with Crippen molar-refractivity contribution < 1.29 is 13.9 Å². The number of carbonyl (C=O) groups is 1. The van der Waals surface area contributed by atoms with Gasteiger partial charge in [0.05, 0.1) is 12.1 Å². The number of para-hydroxylation sites is 3. The largest absolute Gasteiger partial charge is 0.492 e. The third-order valence-electron chi connectivity index (χ3n) is 4.08. The van der Waals surface area contributed by atoms with Crippen LogP contribution in [-0.2, 0) is 4.79 Å². The lowest BCUT2D eigenvalue weighted by atomic mass is 10.2. The summed E-state index contributed by atoms with van der Waals surface area (Å²) in [4.78, 5) is 26.3. The fourth-order valence-corrected chi connectivity index (χ4v) is 2.71. The number of rotatable bonds is 6. The van der Waals surface area contributed by atoms with Crippen molar-refractivity contribution in [3.63, 3.8) is 0 Å². The summed E-state index contributed by atoms with van der Waals surface area (Å²) in [7, 11) is 1.69. The average molecular weight is 340 g/mol. The van der Waals surface area contributed by atoms with Crippen molar-refractivity contribution in [1.29, 1.82) is 0 Å². The van der Waals surface area contributed by atoms with Crippen molar-refractivity contribution in [3.05, 3.63) is 65.1 Å². The third kappa shape index (κ3) is 3.57. The van der Waals surface area contributed by atoms with Crippen LogP contribution >= 0.6 is 0 Å². The summed E-state index contributed by atoms with van der Waals surface area (Å²) >= 11 is 0. The molecule has 2 aromatic carbocycles. The zero-order valence-corrected chi connectivity index (χ0v) is 14.2. The van der Waals surface area contributed by atoms with Crippen molar-refractivity contribution in [1.82, 2.24) is 9.47 Å². The van der Waals surface area contributed by atoms with Gasteiger partial charge in [0.1, 0.15) is 18.4 Å². The van der Waals surface area contributed by atoms with Crippen LogP contribution in [0.2, 0.25) is 0 Å². The quantitative estimate of drug-likeness (QED) is 0.692. The van der Waals surface area contributed by atoms with E-state index >= 15 is 0 Å². The molecule has 3 aromatic rings. The summed E-state index contributed by atoms with van der Waals surface area (Å²) < 4.78 is 12.2. The molecule has 0 saturated carbocycles. The second-order valence-corrected chi connectivity index (χ2v) is 5.80. The van der Waals surface area contributed by atoms with E-state index < -0.39 is 11.8 Å². The minimum atomic E-state index is -0.655. The van der Waals surface area contributed by atoms with Crippen LogP contribution in [0.4, 0.5) is 0 Å². The molecule has 0 saturated heterocycles. The molecule has 0 radical (unpaired) electrons. The van der Waals surface area contributed by atoms with Gasteiger partial charge < -0.3 is 14.1 Å². The number of carbonyl (C=O) groups excluding carboxylic acids is 1. The molecule has 1 aromatic heterocycles. The van der Waals surface area contributed by atoms with Crippen LogP contribution in [0.1, 0.15) is 13.0 Å². The first-order chi connectivity index (χ1) is 12.1. The van der Waals surface area contributed by atoms with E-state index in [4.69, 9.17) is 9.15 Å². The van der Waals surface area contributed by atoms with Crippen molar-refractivity contribution in [2.75, 3.05) is 20.2 Å². The highest BCUT2D eigenvalue weighted by molar-refractivity contribution is 5.82. The maximum absolute atomic E-state index is 12.6. The van der Waals surface area contributed by atoms with Crippen LogP contribution in [-0.4, -0.2) is 35.6 Å². The lowest BCUT2D eigenvalue weighted by molar-refractivity contribution is -0.133. The number of ether oxygens (including phenoxy) is 1. The Kier molecular flexibility index (Phi) is 4.88. The summed E-state index contributed by atoms with van der Waals surface area (Å²) in [6, 6.07) is 15.8. The Hall–Kier alpha value is -3.02. The van der Waals surface area contributed by atoms with Crippen molar-refractivity contribution in [2.24, 2.45) is 0 Å². The van der Waals surface area contributed by atoms with Gasteiger partial charge in [-0.2, -0.15) is 0 Å². The number of likely N-dealkylation sites (N-methyl/N-ethyl adjacent to an activating group) is 1. The van der Waals surface area contributed by atoms with Crippen LogP contribution in [0.25, 0.3) is 11.1 Å². The van der Waals surface area contributed by atoms with E-state index in [1.165, 1.54) is 4.57 Å². The molecule has 25 heavy (non-hydrogen) atoms. The topological polar surface area (TPSA) is 64.7 Å². The molecule has 1 heterocycles. The van der Waals surface area contributed by atoms with Crippen LogP contribution in [0.3, 0.4) is 0 Å². The predicted octanol–water partition coefficient (Wildman–Crippen LogP) is 2.69. The Bertz CT molecular complexity index is 914. The van der Waals surface area contributed by atoms with Gasteiger partial charge in [-0.1, -0.05) is 30.3 Å². The van der Waals surface area contributed by atoms with E-state index in [0.29, 0.717) is 24.3 Å². The maximum Gasteiger partial charge on any atom is 0.420 e. The maximum atomic E-state index is 12.6. The van der Waals surface area contributed by atoms with Crippen LogP contribution < -0.4 is 10.5 Å². The number of aromatic nitrogens is 1. The van der Waals surface area contributed by atoms with Crippen molar-refractivity contribution in [2.45, 2.75) is 13.0 Å². The first kappa shape index (κ1) is 16.8. The van der Waals surface area contributed by atoms with Gasteiger partial charge in [-0.05, 0) is 31.2 Å². The minimum absolute atomic E-state index is 0.176. The monoisotopic (exact) mass is 340 g/mol. The Morgan fingerprint density at radius 2 is 1.84 bits per heavy atom. The molecule has 1 atom stereocenters. The minimum Gasteiger partial charge on any atom is -0.492 e. The summed E-state index contributed by atoms with van der Waals surface area (Å²) in [5.74, 6) is 0.0507. The number of fused-ring (bicyclic) bond motifs is 1. The number of nitrogens with zero attached hydrogens (tertiary/aromatic N) is 2. The van der Waals surface area contributed by atoms with Gasteiger partial charge in [-0.15, -0.1) is 0 Å². The fraction of sp³-hybridized carbons (Fsp3) is 0.263. The average Bonchev–Trinajstić information content (AvgIpc) is 2.97. The van der Waals surface area contributed by atoms with E-state index in [-0.39, 0.29) is 5.91 Å². The standard InChI is InChI=1S/C19H20N2O4/c1-14(21-16-10-6-7-11-17(16)25-19(21)23)18(22)20(2)12-13-24-15-8-4-3-5-9-15/h3-11,14H,12-13H2,1-2H3. The molecule has 3 rings (SSSR count). The van der Waals surface area contributed by atoms with Gasteiger partial charge in [-0.25, -0.2) is 4.79 Å². The Morgan fingerprint density at radius 1 is 1.16 bits per heavy atom. The normalized spacial score (nSPS) is 12.1. The lowest BCUT2D eigenvalue weighted by Crippen LogP contribution is -2.38. The molecule has 0 aliphatic heterocycles. The SMILES string of the molecule is CC(C(=O)N(C)CCOc1ccccc1)n1c(=O)oc2ccccc21. The smallest absolute Gasteiger partial charge is 0.420 e. The molecule has 1 unspecified atom stereocenters. The number of amides is 1. The van der Waals surface area contributed by atoms with Gasteiger partial charge >= 0.3 is 5.76 Å². The number of oxazole rings is 1. The number of hydrogen-bond donors (Lipinski definition) is 0. The number of benzene rings is 2. The lowest BCUT2D eigenvalue weighted by Gasteiger charge is -2.22. The summed E-state index contributed by atoms with van der Waals surface area (Å²) in [6.45, 7) is 2.49. The van der Waals surface area contributed by atoms with Gasteiger partial charge in [-0.3, -0.25) is 9.36 Å². The Labute approximate surface area is 145 Å². The Balaban J connectivity index is 1.67. The van der Waals surface area contributed by atoms with Crippen LogP contribution in [0.5, 0.6) is 5.75 Å². The van der Waals surface area contributed by atoms with E-state index in [0.717, 1.165) is 5.75 Å². The van der Waals surface area contributed by atoms with Crippen LogP contribution in [0, 0.1) is 0 Å². The molecule has 0 fully saturated rings. The summed E-state index contributed by atoms with van der Waals surface area (Å²) in [6.07, 6.45) is 0. The molecule has 0 aliphatic carbocycles. The van der Waals surface area contributed by atoms with Gasteiger partial charge in [0.15, 0.2) is 5.58 Å². The molecule has 6 nitrogen and oxygen atoms in total. The van der Waals surface area contributed by atoms with Crippen LogP contribution in [0.15, 0.2) is 63.8 Å². The fourth-order valence-electron chi connectivity index (χ4n) is 2.71. The van der Waals surface area contributed by atoms with Gasteiger partial charge in [0.25, 0.3) is 0 Å². The second kappa shape index (κ2) is 7.25. The zero-order chi connectivity index (χ0) is 17.8. The zero-order valence-electron chi connectivity index (χ0n) is 14.2. The molecule has 0 spiro atoms. The van der Waals surface area contributed by atoms with Gasteiger partial charge in [0.2, 0.25) is 5.91 Å². The molecular formula is C19H20N2O4. The third-order valence-corrected chi connectivity index (χ3v) is 4.08. The van der Waals surface area contributed by atoms with Crippen molar-refractivity contribution in [3.8, 4) is 5.75 Å². The molecule has 1 amide bonds. The first-order valence-corrected chi connectivity index (χ1v) is 8.11. The van der Waals surface area contributed by atoms with E-state index in [9.17, 15) is 9.59 Å². The second-order valence-electron chi connectivity index (χ2n) is 5.80. The van der Waals surface area contributed by atoms with Gasteiger partial charge in [0, 0.05) is 7.05 Å². The van der Waals surface area contributed by atoms with E-state index in [2.05, 4.69) is 0 Å². The molecule has 0 aliphatic rings. The molecular weight excluding hydrogens is 320 g/mol. The van der Waals surface area contributed by atoms with E-state index in [1.54, 1.807) is 37.1 Å². The molecule has 0 bridgehead atoms. The van der Waals surface area contributed by atoms with Crippen molar-refractivity contribution >= 4 is 17.0 Å². The van der Waals surface area contributed by atoms with E-state index in [1.807, 2.05) is 36.4 Å². The first-order valence-electron chi connectivity index (χ1n) is 8.11. The molecule has 130 valence electrons. The number of hydrogen-bond acceptors (Lipinski definition) is 4. The molecule has 6 heteroatoms.